The van der Waals surface area contributed by atoms with Crippen LogP contribution < -0.4 is 14.8 Å². The van der Waals surface area contributed by atoms with E-state index in [2.05, 4.69) is 21.2 Å². The third kappa shape index (κ3) is 3.63. The third-order valence-corrected chi connectivity index (χ3v) is 6.39. The Morgan fingerprint density at radius 2 is 1.97 bits per heavy atom. The molecule has 162 valence electrons. The lowest BCUT2D eigenvalue weighted by molar-refractivity contribution is -0.144. The molecule has 2 aliphatic heterocycles. The quantitative estimate of drug-likeness (QED) is 0.646. The molecule has 2 amide bonds. The highest BCUT2D eigenvalue weighted by Crippen LogP contribution is 2.45. The number of anilines is 1. The lowest BCUT2D eigenvalue weighted by Crippen LogP contribution is -2.43. The van der Waals surface area contributed by atoms with Gasteiger partial charge in [0.15, 0.2) is 11.5 Å². The van der Waals surface area contributed by atoms with E-state index in [0.29, 0.717) is 23.4 Å². The largest absolute Gasteiger partial charge is 0.493 e. The molecule has 9 heteroatoms. The maximum Gasteiger partial charge on any atom is 0.344 e. The summed E-state index contributed by atoms with van der Waals surface area (Å²) in [6, 6.07) is 7.99. The van der Waals surface area contributed by atoms with Gasteiger partial charge in [-0.3, -0.25) is 14.5 Å². The van der Waals surface area contributed by atoms with Crippen molar-refractivity contribution in [2.75, 3.05) is 19.5 Å². The highest BCUT2D eigenvalue weighted by atomic mass is 79.9. The molecule has 2 aromatic carbocycles. The number of carbonyl (C=O) groups excluding carboxylic acids is 3. The molecule has 4 rings (SSSR count). The summed E-state index contributed by atoms with van der Waals surface area (Å²) in [5.74, 6) is -0.597. The second kappa shape index (κ2) is 8.22. The highest BCUT2D eigenvalue weighted by Gasteiger charge is 2.47. The second-order valence-corrected chi connectivity index (χ2v) is 8.19. The summed E-state index contributed by atoms with van der Waals surface area (Å²) in [4.78, 5) is 39.7. The Morgan fingerprint density at radius 1 is 1.19 bits per heavy atom. The van der Waals surface area contributed by atoms with Crippen molar-refractivity contribution in [2.45, 2.75) is 32.0 Å². The molecule has 2 heterocycles. The standard InChI is InChI=1S/C22H21BrN2O6/c1-11-10-12(4-6-14(11)23)24-20(27)15-7-9-17(26)25(15)21-13-5-8-16(29-2)19(30-3)18(13)22(28)31-21/h4-6,8,10,15,21H,7,9H2,1-3H3,(H,24,27). The van der Waals surface area contributed by atoms with Gasteiger partial charge in [-0.15, -0.1) is 0 Å². The number of aryl methyl sites for hydroxylation is 1. The van der Waals surface area contributed by atoms with Crippen LogP contribution in [0.1, 0.15) is 40.6 Å². The van der Waals surface area contributed by atoms with Crippen molar-refractivity contribution in [1.29, 1.82) is 0 Å². The molecule has 2 aromatic rings. The first-order valence-electron chi connectivity index (χ1n) is 9.69. The van der Waals surface area contributed by atoms with Gasteiger partial charge in [-0.2, -0.15) is 0 Å². The minimum atomic E-state index is -1.00. The Balaban J connectivity index is 1.64. The molecule has 0 aliphatic carbocycles. The number of hydrogen-bond donors (Lipinski definition) is 1. The number of ether oxygens (including phenoxy) is 3. The van der Waals surface area contributed by atoms with Gasteiger partial charge in [0.25, 0.3) is 0 Å². The maximum atomic E-state index is 13.0. The van der Waals surface area contributed by atoms with Crippen molar-refractivity contribution in [3.8, 4) is 11.5 Å². The Kier molecular flexibility index (Phi) is 5.62. The van der Waals surface area contributed by atoms with Gasteiger partial charge in [-0.05, 0) is 49.2 Å². The highest BCUT2D eigenvalue weighted by molar-refractivity contribution is 9.10. The molecule has 1 N–H and O–H groups in total. The zero-order valence-corrected chi connectivity index (χ0v) is 18.8. The number of amides is 2. The molecular weight excluding hydrogens is 468 g/mol. The van der Waals surface area contributed by atoms with Gasteiger partial charge in [-0.25, -0.2) is 4.79 Å². The molecule has 31 heavy (non-hydrogen) atoms. The smallest absolute Gasteiger partial charge is 0.344 e. The zero-order valence-electron chi connectivity index (χ0n) is 17.2. The van der Waals surface area contributed by atoms with Gasteiger partial charge >= 0.3 is 5.97 Å². The Bertz CT molecular complexity index is 1090. The van der Waals surface area contributed by atoms with Gasteiger partial charge in [-0.1, -0.05) is 15.9 Å². The fraction of sp³-hybridized carbons (Fsp3) is 0.318. The fourth-order valence-electron chi connectivity index (χ4n) is 3.99. The number of benzene rings is 2. The predicted molar refractivity (Wildman–Crippen MR) is 115 cm³/mol. The van der Waals surface area contributed by atoms with Gasteiger partial charge in [0, 0.05) is 22.1 Å². The number of cyclic esters (lactones) is 1. The van der Waals surface area contributed by atoms with Crippen LogP contribution in [0.5, 0.6) is 11.5 Å². The van der Waals surface area contributed by atoms with Crippen LogP contribution in [0.3, 0.4) is 0 Å². The van der Waals surface area contributed by atoms with Crippen LogP contribution in [0.25, 0.3) is 0 Å². The summed E-state index contributed by atoms with van der Waals surface area (Å²) < 4.78 is 17.1. The average molecular weight is 489 g/mol. The molecule has 2 unspecified atom stereocenters. The molecule has 0 radical (unpaired) electrons. The van der Waals surface area contributed by atoms with E-state index < -0.39 is 18.2 Å². The topological polar surface area (TPSA) is 94.2 Å². The molecule has 2 aliphatic rings. The maximum absolute atomic E-state index is 13.0. The number of fused-ring (bicyclic) bond motifs is 1. The number of methoxy groups -OCH3 is 2. The van der Waals surface area contributed by atoms with Crippen molar-refractivity contribution < 1.29 is 28.6 Å². The number of nitrogens with zero attached hydrogens (tertiary/aromatic N) is 1. The van der Waals surface area contributed by atoms with Crippen LogP contribution in [0.4, 0.5) is 5.69 Å². The predicted octanol–water partition coefficient (Wildman–Crippen LogP) is 3.57. The fourth-order valence-corrected chi connectivity index (χ4v) is 4.24. The van der Waals surface area contributed by atoms with E-state index in [1.165, 1.54) is 19.1 Å². The van der Waals surface area contributed by atoms with Crippen LogP contribution in [0.15, 0.2) is 34.8 Å². The Morgan fingerprint density at radius 3 is 2.65 bits per heavy atom. The summed E-state index contributed by atoms with van der Waals surface area (Å²) in [6.07, 6.45) is -0.481. The van der Waals surface area contributed by atoms with E-state index in [4.69, 9.17) is 14.2 Å². The van der Waals surface area contributed by atoms with Gasteiger partial charge < -0.3 is 19.5 Å². The van der Waals surface area contributed by atoms with Crippen LogP contribution in [0, 0.1) is 6.92 Å². The molecule has 0 spiro atoms. The number of hydrogen-bond acceptors (Lipinski definition) is 6. The zero-order chi connectivity index (χ0) is 22.3. The van der Waals surface area contributed by atoms with Crippen LogP contribution in [-0.4, -0.2) is 42.9 Å². The number of halogens is 1. The normalized spacial score (nSPS) is 19.8. The summed E-state index contributed by atoms with van der Waals surface area (Å²) in [6.45, 7) is 1.92. The molecule has 2 atom stereocenters. The van der Waals surface area contributed by atoms with Crippen molar-refractivity contribution >= 4 is 39.4 Å². The number of carbonyl (C=O) groups is 3. The van der Waals surface area contributed by atoms with E-state index >= 15 is 0 Å². The van der Waals surface area contributed by atoms with E-state index in [9.17, 15) is 14.4 Å². The summed E-state index contributed by atoms with van der Waals surface area (Å²) in [5.41, 5.74) is 2.27. The summed E-state index contributed by atoms with van der Waals surface area (Å²) in [7, 11) is 2.90. The SMILES string of the molecule is COc1ccc2c(c1OC)C(=O)OC2N1C(=O)CCC1C(=O)Nc1ccc(Br)c(C)c1. The van der Waals surface area contributed by atoms with Gasteiger partial charge in [0.05, 0.1) is 14.2 Å². The summed E-state index contributed by atoms with van der Waals surface area (Å²) >= 11 is 3.43. The number of rotatable bonds is 5. The number of likely N-dealkylation sites (tertiary alicyclic amines) is 1. The number of nitrogens with one attached hydrogen (secondary N) is 1. The minimum Gasteiger partial charge on any atom is -0.493 e. The summed E-state index contributed by atoms with van der Waals surface area (Å²) in [5, 5.41) is 2.86. The second-order valence-electron chi connectivity index (χ2n) is 7.33. The van der Waals surface area contributed by atoms with E-state index in [1.807, 2.05) is 19.1 Å². The molecule has 8 nitrogen and oxygen atoms in total. The first-order valence-corrected chi connectivity index (χ1v) is 10.5. The third-order valence-electron chi connectivity index (χ3n) is 5.50. The van der Waals surface area contributed by atoms with Crippen LogP contribution in [-0.2, 0) is 14.3 Å². The van der Waals surface area contributed by atoms with Crippen molar-refractivity contribution in [3.63, 3.8) is 0 Å². The van der Waals surface area contributed by atoms with E-state index in [1.54, 1.807) is 18.2 Å². The van der Waals surface area contributed by atoms with Crippen LogP contribution >= 0.6 is 15.9 Å². The van der Waals surface area contributed by atoms with Crippen molar-refractivity contribution in [1.82, 2.24) is 4.90 Å². The average Bonchev–Trinajstić information content (AvgIpc) is 3.29. The first kappa shape index (κ1) is 21.2. The molecule has 0 saturated carbocycles. The van der Waals surface area contributed by atoms with Gasteiger partial charge in [0.2, 0.25) is 18.0 Å². The van der Waals surface area contributed by atoms with Crippen LogP contribution in [0.2, 0.25) is 0 Å². The van der Waals surface area contributed by atoms with Crippen molar-refractivity contribution in [2.24, 2.45) is 0 Å². The van der Waals surface area contributed by atoms with Crippen molar-refractivity contribution in [3.05, 3.63) is 51.5 Å². The van der Waals surface area contributed by atoms with Gasteiger partial charge in [0.1, 0.15) is 11.6 Å². The lowest BCUT2D eigenvalue weighted by Gasteiger charge is -2.29. The molecular formula is C22H21BrN2O6. The minimum absolute atomic E-state index is 0.189. The molecule has 0 bridgehead atoms. The number of esters is 1. The lowest BCUT2D eigenvalue weighted by atomic mass is 10.0. The molecule has 1 fully saturated rings. The monoisotopic (exact) mass is 488 g/mol. The Hall–Kier alpha value is -3.07. The molecule has 1 saturated heterocycles. The molecule has 0 aromatic heterocycles. The van der Waals surface area contributed by atoms with E-state index in [-0.39, 0.29) is 29.5 Å². The first-order chi connectivity index (χ1) is 14.8. The Labute approximate surface area is 187 Å². The van der Waals surface area contributed by atoms with E-state index in [0.717, 1.165) is 10.0 Å².